The Kier molecular flexibility index (Phi) is 12.5. The van der Waals surface area contributed by atoms with Gasteiger partial charge in [0, 0.05) is 25.4 Å². The molecule has 6 rings (SSSR count). The first-order valence-electron chi connectivity index (χ1n) is 18.1. The fourth-order valence-corrected chi connectivity index (χ4v) is 6.61. The lowest BCUT2D eigenvalue weighted by Gasteiger charge is -2.14. The molecular formula is C40H47N7O4. The lowest BCUT2D eigenvalue weighted by atomic mass is 9.98. The van der Waals surface area contributed by atoms with Crippen LogP contribution in [0, 0.1) is 0 Å². The molecule has 2 amide bonds. The zero-order valence-corrected chi connectivity index (χ0v) is 29.0. The van der Waals surface area contributed by atoms with Gasteiger partial charge in [-0.15, -0.1) is 0 Å². The van der Waals surface area contributed by atoms with Crippen LogP contribution in [0.2, 0.25) is 0 Å². The number of rotatable bonds is 19. The monoisotopic (exact) mass is 689 g/mol. The van der Waals surface area contributed by atoms with Crippen molar-refractivity contribution in [2.75, 3.05) is 18.9 Å². The first-order chi connectivity index (χ1) is 25.0. The number of hydrogen-bond acceptors (Lipinski definition) is 8. The highest BCUT2D eigenvalue weighted by Crippen LogP contribution is 2.44. The number of aromatic nitrogens is 4. The van der Waals surface area contributed by atoms with Gasteiger partial charge in [-0.3, -0.25) is 4.79 Å². The number of hydrogen-bond donors (Lipinski definition) is 4. The van der Waals surface area contributed by atoms with Crippen molar-refractivity contribution in [1.82, 2.24) is 30.6 Å². The van der Waals surface area contributed by atoms with E-state index in [1.165, 1.54) is 47.8 Å². The summed E-state index contributed by atoms with van der Waals surface area (Å²) in [5.74, 6) is 0.622. The smallest absolute Gasteiger partial charge is 0.407 e. The molecular weight excluding hydrogens is 642 g/mol. The predicted octanol–water partition coefficient (Wildman–Crippen LogP) is 7.57. The Morgan fingerprint density at radius 1 is 0.745 bits per heavy atom. The summed E-state index contributed by atoms with van der Waals surface area (Å²) < 4.78 is 11.5. The van der Waals surface area contributed by atoms with Gasteiger partial charge in [0.2, 0.25) is 17.7 Å². The molecule has 0 fully saturated rings. The molecule has 51 heavy (non-hydrogen) atoms. The second-order valence-corrected chi connectivity index (χ2v) is 13.1. The first kappa shape index (κ1) is 35.4. The third kappa shape index (κ3) is 9.84. The van der Waals surface area contributed by atoms with E-state index < -0.39 is 0 Å². The van der Waals surface area contributed by atoms with Crippen LogP contribution in [-0.4, -0.2) is 45.1 Å². The number of imidazole rings is 1. The number of nitrogens with two attached hydrogens (primary N) is 1. The fourth-order valence-electron chi connectivity index (χ4n) is 6.61. The van der Waals surface area contributed by atoms with Gasteiger partial charge in [-0.25, -0.2) is 9.78 Å². The van der Waals surface area contributed by atoms with E-state index in [0.29, 0.717) is 49.8 Å². The van der Waals surface area contributed by atoms with Gasteiger partial charge in [-0.2, -0.15) is 9.97 Å². The number of nitrogen functional groups attached to an aromatic ring is 1. The summed E-state index contributed by atoms with van der Waals surface area (Å²) >= 11 is 0. The molecule has 2 aromatic heterocycles. The highest BCUT2D eigenvalue weighted by Gasteiger charge is 2.29. The number of ether oxygens (including phenoxy) is 2. The normalized spacial score (nSPS) is 12.0. The summed E-state index contributed by atoms with van der Waals surface area (Å²) in [6.45, 7) is 1.79. The minimum Gasteiger partial charge on any atom is -0.471 e. The molecule has 5 aromatic rings. The lowest BCUT2D eigenvalue weighted by Crippen LogP contribution is -2.27. The summed E-state index contributed by atoms with van der Waals surface area (Å²) in [6, 6.07) is 24.6. The number of fused-ring (bicyclic) bond motifs is 4. The van der Waals surface area contributed by atoms with Gasteiger partial charge in [0.15, 0.2) is 11.2 Å². The number of unbranched alkanes of at least 4 members (excludes halogenated alkanes) is 8. The van der Waals surface area contributed by atoms with Crippen LogP contribution in [0.3, 0.4) is 0 Å². The highest BCUT2D eigenvalue weighted by atomic mass is 16.5. The van der Waals surface area contributed by atoms with Gasteiger partial charge in [0.25, 0.3) is 0 Å². The molecule has 1 aliphatic rings. The number of nitrogens with one attached hydrogen (secondary N) is 3. The van der Waals surface area contributed by atoms with Crippen molar-refractivity contribution in [3.05, 3.63) is 101 Å². The van der Waals surface area contributed by atoms with Crippen molar-refractivity contribution in [2.24, 2.45) is 0 Å². The number of amides is 2. The van der Waals surface area contributed by atoms with Crippen LogP contribution in [0.15, 0.2) is 79.1 Å². The zero-order valence-electron chi connectivity index (χ0n) is 29.0. The van der Waals surface area contributed by atoms with Crippen molar-refractivity contribution in [3.8, 4) is 17.0 Å². The van der Waals surface area contributed by atoms with Crippen LogP contribution in [0.5, 0.6) is 5.88 Å². The van der Waals surface area contributed by atoms with E-state index in [0.717, 1.165) is 49.7 Å². The number of H-pyrrole nitrogens is 1. The lowest BCUT2D eigenvalue weighted by molar-refractivity contribution is -0.121. The quantitative estimate of drug-likeness (QED) is 0.0647. The van der Waals surface area contributed by atoms with Gasteiger partial charge in [0.1, 0.15) is 13.2 Å². The molecule has 0 aliphatic heterocycles. The Morgan fingerprint density at radius 3 is 2.08 bits per heavy atom. The van der Waals surface area contributed by atoms with Crippen LogP contribution in [0.4, 0.5) is 10.7 Å². The fraction of sp³-hybridized carbons (Fsp3) is 0.375. The number of nitrogens with zero attached hydrogens (tertiary/aromatic N) is 3. The van der Waals surface area contributed by atoms with Crippen LogP contribution in [-0.2, 0) is 22.7 Å². The molecule has 11 heteroatoms. The highest BCUT2D eigenvalue weighted by molar-refractivity contribution is 5.79. The van der Waals surface area contributed by atoms with Gasteiger partial charge < -0.3 is 30.8 Å². The van der Waals surface area contributed by atoms with E-state index in [1.807, 2.05) is 36.4 Å². The molecule has 3 aromatic carbocycles. The van der Waals surface area contributed by atoms with Crippen LogP contribution >= 0.6 is 0 Å². The number of alkyl carbamates (subject to hydrolysis) is 1. The Labute approximate surface area is 298 Å². The first-order valence-corrected chi connectivity index (χ1v) is 18.1. The summed E-state index contributed by atoms with van der Waals surface area (Å²) in [4.78, 5) is 40.0. The number of aromatic amines is 1. The van der Waals surface area contributed by atoms with Crippen molar-refractivity contribution >= 4 is 29.1 Å². The number of anilines is 1. The molecule has 266 valence electrons. The van der Waals surface area contributed by atoms with E-state index in [-0.39, 0.29) is 23.9 Å². The average Bonchev–Trinajstić information content (AvgIpc) is 3.75. The van der Waals surface area contributed by atoms with E-state index in [2.05, 4.69) is 67.0 Å². The molecule has 0 saturated heterocycles. The minimum absolute atomic E-state index is 0.0805. The molecule has 0 saturated carbocycles. The second-order valence-electron chi connectivity index (χ2n) is 13.1. The zero-order chi connectivity index (χ0) is 35.3. The van der Waals surface area contributed by atoms with Crippen molar-refractivity contribution in [2.45, 2.75) is 83.3 Å². The maximum atomic E-state index is 12.4. The van der Waals surface area contributed by atoms with Crippen molar-refractivity contribution in [3.63, 3.8) is 0 Å². The SMILES string of the molecule is Nc1nc(OCc2ccc(CNC(=O)CCCCCCCCCCCNC(=O)OCC3c4ccccc4-c4ccccc43)cc2)c2nc[nH]c2n1. The van der Waals surface area contributed by atoms with E-state index >= 15 is 0 Å². The number of benzene rings is 3. The van der Waals surface area contributed by atoms with Gasteiger partial charge >= 0.3 is 6.09 Å². The van der Waals surface area contributed by atoms with Crippen LogP contribution in [0.25, 0.3) is 22.3 Å². The summed E-state index contributed by atoms with van der Waals surface area (Å²) in [5, 5.41) is 5.94. The Balaban J connectivity index is 0.741. The maximum Gasteiger partial charge on any atom is 0.407 e. The van der Waals surface area contributed by atoms with Crippen molar-refractivity contribution in [1.29, 1.82) is 0 Å². The third-order valence-electron chi connectivity index (χ3n) is 9.35. The summed E-state index contributed by atoms with van der Waals surface area (Å²) in [6.07, 6.45) is 11.6. The van der Waals surface area contributed by atoms with Gasteiger partial charge in [-0.05, 0) is 46.2 Å². The molecule has 0 atom stereocenters. The van der Waals surface area contributed by atoms with E-state index in [9.17, 15) is 9.59 Å². The molecule has 0 unspecified atom stereocenters. The number of carbonyl (C=O) groups excluding carboxylic acids is 2. The Hall–Kier alpha value is -5.45. The Bertz CT molecular complexity index is 1850. The second kappa shape index (κ2) is 18.0. The standard InChI is InChI=1S/C40H47N7O4/c41-39-46-37-36(44-27-45-37)38(47-39)50-25-29-21-19-28(20-22-29)24-43-35(48)18-8-6-4-2-1-3-5-7-13-23-42-40(49)51-26-34-32-16-11-9-14-30(32)31-15-10-12-17-33(31)34/h9-12,14-17,19-22,27,34H,1-8,13,18,23-26H2,(H,42,49)(H,43,48)(H3,41,44,45,46,47). The Morgan fingerprint density at radius 2 is 1.37 bits per heavy atom. The van der Waals surface area contributed by atoms with Gasteiger partial charge in [0.05, 0.1) is 6.33 Å². The molecule has 11 nitrogen and oxygen atoms in total. The molecule has 5 N–H and O–H groups in total. The van der Waals surface area contributed by atoms with Crippen LogP contribution < -0.4 is 21.1 Å². The van der Waals surface area contributed by atoms with E-state index in [1.54, 1.807) is 0 Å². The van der Waals surface area contributed by atoms with Gasteiger partial charge in [-0.1, -0.05) is 118 Å². The topological polar surface area (TPSA) is 157 Å². The minimum atomic E-state index is -0.342. The van der Waals surface area contributed by atoms with Crippen LogP contribution in [0.1, 0.15) is 92.4 Å². The molecule has 0 bridgehead atoms. The molecule has 0 spiro atoms. The van der Waals surface area contributed by atoms with Crippen molar-refractivity contribution < 1.29 is 19.1 Å². The molecule has 1 aliphatic carbocycles. The predicted molar refractivity (Wildman–Crippen MR) is 198 cm³/mol. The summed E-state index contributed by atoms with van der Waals surface area (Å²) in [5.41, 5.74) is 13.7. The number of carbonyl (C=O) groups is 2. The van der Waals surface area contributed by atoms with E-state index in [4.69, 9.17) is 15.2 Å². The maximum absolute atomic E-state index is 12.4. The average molecular weight is 690 g/mol. The molecule has 2 heterocycles. The summed E-state index contributed by atoms with van der Waals surface area (Å²) in [7, 11) is 0. The third-order valence-corrected chi connectivity index (χ3v) is 9.35. The molecule has 0 radical (unpaired) electrons. The largest absolute Gasteiger partial charge is 0.471 e.